The minimum absolute atomic E-state index is 0.360. The molecule has 0 radical (unpaired) electrons. The van der Waals surface area contributed by atoms with Crippen LogP contribution in [0.5, 0.6) is 0 Å². The number of fused-ring (bicyclic) bond motifs is 1. The average molecular weight is 356 g/mol. The molecule has 3 aromatic rings. The predicted octanol–water partition coefficient (Wildman–Crippen LogP) is 3.96. The Morgan fingerprint density at radius 3 is 2.60 bits per heavy atom. The molecule has 0 fully saturated rings. The highest BCUT2D eigenvalue weighted by atomic mass is 79.9. The molecule has 20 heavy (non-hydrogen) atoms. The van der Waals surface area contributed by atoms with Crippen molar-refractivity contribution in [3.63, 3.8) is 0 Å². The van der Waals surface area contributed by atoms with Crippen LogP contribution in [0.15, 0.2) is 22.7 Å². The van der Waals surface area contributed by atoms with Gasteiger partial charge in [0.2, 0.25) is 0 Å². The van der Waals surface area contributed by atoms with E-state index >= 15 is 0 Å². The smallest absolute Gasteiger partial charge is 0.185 e. The maximum Gasteiger partial charge on any atom is 0.185 e. The summed E-state index contributed by atoms with van der Waals surface area (Å²) in [5.41, 5.74) is 2.95. The van der Waals surface area contributed by atoms with Crippen molar-refractivity contribution < 1.29 is 4.39 Å². The molecule has 0 unspecified atom stereocenters. The second-order valence-electron chi connectivity index (χ2n) is 4.46. The predicted molar refractivity (Wildman–Crippen MR) is 78.4 cm³/mol. The van der Waals surface area contributed by atoms with Crippen LogP contribution in [0.4, 0.5) is 4.39 Å². The zero-order chi connectivity index (χ0) is 14.4. The first-order valence-corrected chi connectivity index (χ1v) is 6.99. The van der Waals surface area contributed by atoms with E-state index in [0.717, 1.165) is 11.1 Å². The van der Waals surface area contributed by atoms with E-state index < -0.39 is 0 Å². The highest BCUT2D eigenvalue weighted by molar-refractivity contribution is 9.10. The van der Waals surface area contributed by atoms with Crippen molar-refractivity contribution in [1.29, 1.82) is 0 Å². The Labute approximate surface area is 127 Å². The summed E-state index contributed by atoms with van der Waals surface area (Å²) in [6, 6.07) is 4.51. The number of nitrogens with zero attached hydrogens (tertiary/aromatic N) is 4. The average Bonchev–Trinajstić information content (AvgIpc) is 2.78. The van der Waals surface area contributed by atoms with Gasteiger partial charge in [-0.3, -0.25) is 0 Å². The molecule has 2 heterocycles. The second-order valence-corrected chi connectivity index (χ2v) is 5.73. The highest BCUT2D eigenvalue weighted by Gasteiger charge is 2.15. The van der Waals surface area contributed by atoms with Crippen molar-refractivity contribution in [2.24, 2.45) is 0 Å². The van der Waals surface area contributed by atoms with Gasteiger partial charge in [0.1, 0.15) is 5.82 Å². The molecule has 0 spiro atoms. The first-order chi connectivity index (χ1) is 9.47. The summed E-state index contributed by atoms with van der Waals surface area (Å²) in [7, 11) is 0. The van der Waals surface area contributed by atoms with Gasteiger partial charge in [-0.15, -0.1) is 10.2 Å². The van der Waals surface area contributed by atoms with Crippen molar-refractivity contribution >= 4 is 33.2 Å². The summed E-state index contributed by atoms with van der Waals surface area (Å²) in [6.45, 7) is 3.77. The molecule has 0 amide bonds. The van der Waals surface area contributed by atoms with Crippen LogP contribution in [0.2, 0.25) is 5.15 Å². The molecule has 0 aliphatic carbocycles. The van der Waals surface area contributed by atoms with E-state index in [4.69, 9.17) is 11.6 Å². The van der Waals surface area contributed by atoms with E-state index in [2.05, 4.69) is 31.2 Å². The molecule has 0 atom stereocenters. The first kappa shape index (κ1) is 13.5. The number of aromatic nitrogens is 4. The van der Waals surface area contributed by atoms with Crippen LogP contribution in [-0.2, 0) is 0 Å². The van der Waals surface area contributed by atoms with E-state index in [-0.39, 0.29) is 5.82 Å². The third-order valence-corrected chi connectivity index (χ3v) is 3.97. The first-order valence-electron chi connectivity index (χ1n) is 5.82. The number of hydrogen-bond acceptors (Lipinski definition) is 3. The van der Waals surface area contributed by atoms with Crippen LogP contribution in [0.3, 0.4) is 0 Å². The summed E-state index contributed by atoms with van der Waals surface area (Å²) in [6.07, 6.45) is 0. The molecular formula is C13H9BrClFN4. The lowest BCUT2D eigenvalue weighted by Crippen LogP contribution is -2.00. The van der Waals surface area contributed by atoms with Crippen molar-refractivity contribution in [3.05, 3.63) is 44.8 Å². The van der Waals surface area contributed by atoms with Gasteiger partial charge in [-0.2, -0.15) is 9.61 Å². The Hall–Kier alpha value is -1.53. The van der Waals surface area contributed by atoms with Gasteiger partial charge in [-0.25, -0.2) is 4.39 Å². The number of rotatable bonds is 1. The molecule has 0 saturated carbocycles. The minimum Gasteiger partial charge on any atom is -0.207 e. The van der Waals surface area contributed by atoms with E-state index in [1.54, 1.807) is 6.07 Å². The lowest BCUT2D eigenvalue weighted by atomic mass is 10.2. The largest absolute Gasteiger partial charge is 0.207 e. The Morgan fingerprint density at radius 1 is 1.15 bits per heavy atom. The molecule has 4 nitrogen and oxygen atoms in total. The summed E-state index contributed by atoms with van der Waals surface area (Å²) < 4.78 is 15.7. The van der Waals surface area contributed by atoms with Crippen LogP contribution in [-0.4, -0.2) is 19.8 Å². The van der Waals surface area contributed by atoms with Gasteiger partial charge >= 0.3 is 0 Å². The molecule has 0 bridgehead atoms. The molecular weight excluding hydrogens is 347 g/mol. The second kappa shape index (κ2) is 4.79. The van der Waals surface area contributed by atoms with Crippen LogP contribution in [0.25, 0.3) is 17.0 Å². The van der Waals surface area contributed by atoms with Gasteiger partial charge in [0.05, 0.1) is 0 Å². The number of halogens is 3. The molecule has 0 aliphatic rings. The molecule has 7 heteroatoms. The zero-order valence-corrected chi connectivity index (χ0v) is 13.0. The van der Waals surface area contributed by atoms with E-state index in [0.29, 0.717) is 26.7 Å². The fourth-order valence-electron chi connectivity index (χ4n) is 1.96. The standard InChI is InChI=1S/C13H9BrClFN4/c1-6-7(2)12-17-18-13(20(12)19-11(6)15)8-3-9(14)5-10(16)4-8/h3-5H,1-2H3. The lowest BCUT2D eigenvalue weighted by molar-refractivity contribution is 0.627. The fourth-order valence-corrected chi connectivity index (χ4v) is 2.64. The van der Waals surface area contributed by atoms with E-state index in [9.17, 15) is 4.39 Å². The van der Waals surface area contributed by atoms with E-state index in [1.165, 1.54) is 16.6 Å². The van der Waals surface area contributed by atoms with Gasteiger partial charge < -0.3 is 0 Å². The molecule has 3 rings (SSSR count). The summed E-state index contributed by atoms with van der Waals surface area (Å²) in [5, 5.41) is 12.8. The molecule has 0 aliphatic heterocycles. The quantitative estimate of drug-likeness (QED) is 0.663. The summed E-state index contributed by atoms with van der Waals surface area (Å²) in [5.74, 6) is 0.0891. The van der Waals surface area contributed by atoms with Crippen LogP contribution in [0.1, 0.15) is 11.1 Å². The van der Waals surface area contributed by atoms with Gasteiger partial charge in [-0.05, 0) is 37.6 Å². The molecule has 102 valence electrons. The van der Waals surface area contributed by atoms with Crippen molar-refractivity contribution in [2.45, 2.75) is 13.8 Å². The SMILES string of the molecule is Cc1c(Cl)nn2c(-c3cc(F)cc(Br)c3)nnc2c1C. The fraction of sp³-hybridized carbons (Fsp3) is 0.154. The maximum atomic E-state index is 13.5. The van der Waals surface area contributed by atoms with E-state index in [1.807, 2.05) is 13.8 Å². The van der Waals surface area contributed by atoms with Crippen LogP contribution < -0.4 is 0 Å². The lowest BCUT2D eigenvalue weighted by Gasteiger charge is -2.05. The molecule has 1 aromatic carbocycles. The normalized spacial score (nSPS) is 11.2. The zero-order valence-electron chi connectivity index (χ0n) is 10.7. The van der Waals surface area contributed by atoms with Crippen molar-refractivity contribution in [1.82, 2.24) is 19.8 Å². The minimum atomic E-state index is -0.360. The third kappa shape index (κ3) is 2.09. The van der Waals surface area contributed by atoms with Crippen LogP contribution >= 0.6 is 27.5 Å². The van der Waals surface area contributed by atoms with Gasteiger partial charge in [0, 0.05) is 15.6 Å². The van der Waals surface area contributed by atoms with Gasteiger partial charge in [0.25, 0.3) is 0 Å². The molecule has 2 aromatic heterocycles. The Balaban J connectivity index is 2.32. The number of hydrogen-bond donors (Lipinski definition) is 0. The summed E-state index contributed by atoms with van der Waals surface area (Å²) in [4.78, 5) is 0. The van der Waals surface area contributed by atoms with Crippen molar-refractivity contribution in [3.8, 4) is 11.4 Å². The number of benzene rings is 1. The van der Waals surface area contributed by atoms with Crippen LogP contribution in [0, 0.1) is 19.7 Å². The Bertz CT molecular complexity index is 811. The highest BCUT2D eigenvalue weighted by Crippen LogP contribution is 2.26. The monoisotopic (exact) mass is 354 g/mol. The number of aryl methyl sites for hydroxylation is 1. The molecule has 0 saturated heterocycles. The Morgan fingerprint density at radius 2 is 1.90 bits per heavy atom. The molecule has 0 N–H and O–H groups in total. The maximum absolute atomic E-state index is 13.5. The van der Waals surface area contributed by atoms with Crippen molar-refractivity contribution in [2.75, 3.05) is 0 Å². The third-order valence-electron chi connectivity index (χ3n) is 3.16. The summed E-state index contributed by atoms with van der Waals surface area (Å²) >= 11 is 9.36. The van der Waals surface area contributed by atoms with Gasteiger partial charge in [0.15, 0.2) is 16.6 Å². The van der Waals surface area contributed by atoms with Gasteiger partial charge in [-0.1, -0.05) is 27.5 Å². The topological polar surface area (TPSA) is 43.1 Å². The Kier molecular flexibility index (Phi) is 3.22.